The van der Waals surface area contributed by atoms with Gasteiger partial charge in [-0.1, -0.05) is 115 Å². The van der Waals surface area contributed by atoms with Crippen LogP contribution in [-0.2, 0) is 0 Å². The van der Waals surface area contributed by atoms with E-state index >= 15 is 0 Å². The Morgan fingerprint density at radius 1 is 0.434 bits per heavy atom. The molecule has 0 aliphatic rings. The van der Waals surface area contributed by atoms with Gasteiger partial charge in [-0.15, -0.1) is 0 Å². The number of aromatic nitrogens is 3. The predicted octanol–water partition coefficient (Wildman–Crippen LogP) is 13.0. The summed E-state index contributed by atoms with van der Waals surface area (Å²) in [6.45, 7) is 0. The van der Waals surface area contributed by atoms with E-state index in [4.69, 9.17) is 18.8 Å². The van der Waals surface area contributed by atoms with Gasteiger partial charge in [-0.05, 0) is 64.0 Å². The third-order valence-corrected chi connectivity index (χ3v) is 10.8. The fraction of sp³-hybridized carbons (Fsp3) is 0. The van der Waals surface area contributed by atoms with Crippen molar-refractivity contribution in [1.29, 1.82) is 0 Å². The molecule has 0 saturated carbocycles. The van der Waals surface area contributed by atoms with Gasteiger partial charge in [0.2, 0.25) is 0 Å². The van der Waals surface area contributed by atoms with Gasteiger partial charge in [-0.2, -0.15) is 0 Å². The van der Waals surface area contributed by atoms with Crippen molar-refractivity contribution in [3.63, 3.8) is 0 Å². The Balaban J connectivity index is 1.11. The minimum atomic E-state index is 0.626. The van der Waals surface area contributed by atoms with Crippen LogP contribution in [0.2, 0.25) is 0 Å². The lowest BCUT2D eigenvalue weighted by molar-refractivity contribution is 0.667. The quantitative estimate of drug-likeness (QED) is 0.187. The third kappa shape index (κ3) is 4.02. The van der Waals surface area contributed by atoms with Crippen molar-refractivity contribution >= 4 is 87.4 Å². The molecule has 0 fully saturated rings. The van der Waals surface area contributed by atoms with Crippen LogP contribution in [0.5, 0.6) is 0 Å². The van der Waals surface area contributed by atoms with E-state index in [1.54, 1.807) is 0 Å². The number of para-hydroxylation sites is 1. The van der Waals surface area contributed by atoms with Crippen molar-refractivity contribution in [2.45, 2.75) is 0 Å². The molecule has 12 rings (SSSR count). The molecule has 0 unspecified atom stereocenters. The Hall–Kier alpha value is -7.24. The van der Waals surface area contributed by atoms with Crippen molar-refractivity contribution in [2.75, 3.05) is 0 Å². The first-order valence-corrected chi connectivity index (χ1v) is 17.8. The van der Waals surface area contributed by atoms with E-state index in [1.807, 2.05) is 48.5 Å². The van der Waals surface area contributed by atoms with Crippen LogP contribution in [0, 0.1) is 0 Å². The second kappa shape index (κ2) is 10.6. The smallest absolute Gasteiger partial charge is 0.180 e. The fourth-order valence-electron chi connectivity index (χ4n) is 8.47. The normalized spacial score (nSPS) is 12.2. The monoisotopic (exact) mass is 677 g/mol. The zero-order chi connectivity index (χ0) is 34.6. The van der Waals surface area contributed by atoms with Gasteiger partial charge >= 0.3 is 0 Å². The van der Waals surface area contributed by atoms with Crippen LogP contribution in [0.25, 0.3) is 116 Å². The molecule has 0 aliphatic heterocycles. The first-order chi connectivity index (χ1) is 26.3. The summed E-state index contributed by atoms with van der Waals surface area (Å²) in [7, 11) is 0. The third-order valence-electron chi connectivity index (χ3n) is 10.8. The standard InChI is InChI=1S/C48H27N3O2/c1-2-13-30(14-3-1)45-47-46(35-17-8-9-19-39(35)53-47)50-48(49-45)36-18-10-20-40-42(36)34-24-23-31(27-41(34)52-40)51-37-25-21-28-11-4-6-15-32(28)43(37)44-33-16-7-5-12-29(33)22-26-38(44)51/h1-27H. The molecule has 0 N–H and O–H groups in total. The zero-order valence-electron chi connectivity index (χ0n) is 28.2. The number of nitrogens with zero attached hydrogens (tertiary/aromatic N) is 3. The summed E-state index contributed by atoms with van der Waals surface area (Å²) in [6.07, 6.45) is 0. The van der Waals surface area contributed by atoms with E-state index in [0.717, 1.165) is 72.0 Å². The average molecular weight is 678 g/mol. The van der Waals surface area contributed by atoms with Crippen molar-refractivity contribution in [2.24, 2.45) is 0 Å². The number of fused-ring (bicyclic) bond motifs is 13. The Kier molecular flexibility index (Phi) is 5.71. The van der Waals surface area contributed by atoms with Gasteiger partial charge in [0, 0.05) is 49.8 Å². The van der Waals surface area contributed by atoms with Crippen LogP contribution in [0.1, 0.15) is 0 Å². The molecular formula is C48H27N3O2. The van der Waals surface area contributed by atoms with Crippen LogP contribution >= 0.6 is 0 Å². The summed E-state index contributed by atoms with van der Waals surface area (Å²) >= 11 is 0. The molecule has 246 valence electrons. The number of benzene rings is 8. The number of rotatable bonds is 3. The lowest BCUT2D eigenvalue weighted by Gasteiger charge is -2.09. The van der Waals surface area contributed by atoms with Crippen LogP contribution in [0.15, 0.2) is 173 Å². The highest BCUT2D eigenvalue weighted by atomic mass is 16.3. The van der Waals surface area contributed by atoms with Crippen LogP contribution in [0.4, 0.5) is 0 Å². The first-order valence-electron chi connectivity index (χ1n) is 17.8. The molecule has 0 atom stereocenters. The SMILES string of the molecule is c1ccc(-c2nc(-c3cccc4oc5cc(-n6c7ccc8ccccc8c7c7c8ccccc8ccc76)ccc5c34)nc3c2oc2ccccc23)cc1. The summed E-state index contributed by atoms with van der Waals surface area (Å²) in [5, 5.41) is 10.4. The van der Waals surface area contributed by atoms with Gasteiger partial charge in [0.15, 0.2) is 11.4 Å². The van der Waals surface area contributed by atoms with Crippen LogP contribution in [0.3, 0.4) is 0 Å². The number of furan rings is 2. The first kappa shape index (κ1) is 28.5. The van der Waals surface area contributed by atoms with E-state index in [1.165, 1.54) is 32.3 Å². The van der Waals surface area contributed by atoms with Crippen molar-refractivity contribution < 1.29 is 8.83 Å². The molecule has 5 heteroatoms. The molecular weight excluding hydrogens is 651 g/mol. The maximum absolute atomic E-state index is 6.69. The molecule has 5 nitrogen and oxygen atoms in total. The molecule has 0 amide bonds. The topological polar surface area (TPSA) is 57.0 Å². The molecule has 0 aliphatic carbocycles. The summed E-state index contributed by atoms with van der Waals surface area (Å²) in [4.78, 5) is 10.4. The molecule has 0 spiro atoms. The van der Waals surface area contributed by atoms with Gasteiger partial charge in [-0.25, -0.2) is 9.97 Å². The molecule has 4 aromatic heterocycles. The minimum Gasteiger partial charge on any atom is -0.456 e. The maximum Gasteiger partial charge on any atom is 0.180 e. The molecule has 0 radical (unpaired) electrons. The van der Waals surface area contributed by atoms with Crippen LogP contribution < -0.4 is 0 Å². The fourth-order valence-corrected chi connectivity index (χ4v) is 8.47. The maximum atomic E-state index is 6.69. The highest BCUT2D eigenvalue weighted by Gasteiger charge is 2.22. The van der Waals surface area contributed by atoms with E-state index in [0.29, 0.717) is 11.4 Å². The second-order valence-electron chi connectivity index (χ2n) is 13.7. The van der Waals surface area contributed by atoms with Gasteiger partial charge < -0.3 is 13.4 Å². The van der Waals surface area contributed by atoms with E-state index in [-0.39, 0.29) is 0 Å². The predicted molar refractivity (Wildman–Crippen MR) is 217 cm³/mol. The molecule has 0 bridgehead atoms. The Morgan fingerprint density at radius 3 is 1.85 bits per heavy atom. The van der Waals surface area contributed by atoms with Crippen molar-refractivity contribution in [1.82, 2.24) is 14.5 Å². The summed E-state index contributed by atoms with van der Waals surface area (Å²) in [5.41, 5.74) is 9.87. The Labute approximate surface area is 302 Å². The lowest BCUT2D eigenvalue weighted by atomic mass is 10.00. The van der Waals surface area contributed by atoms with E-state index < -0.39 is 0 Å². The van der Waals surface area contributed by atoms with Gasteiger partial charge in [0.25, 0.3) is 0 Å². The Morgan fingerprint density at radius 2 is 1.09 bits per heavy atom. The number of hydrogen-bond donors (Lipinski definition) is 0. The highest BCUT2D eigenvalue weighted by molar-refractivity contribution is 6.28. The van der Waals surface area contributed by atoms with Gasteiger partial charge in [0.1, 0.15) is 28.0 Å². The summed E-state index contributed by atoms with van der Waals surface area (Å²) in [6, 6.07) is 57.2. The average Bonchev–Trinajstić information content (AvgIpc) is 3.90. The lowest BCUT2D eigenvalue weighted by Crippen LogP contribution is -1.94. The van der Waals surface area contributed by atoms with E-state index in [9.17, 15) is 0 Å². The molecule has 53 heavy (non-hydrogen) atoms. The molecule has 8 aromatic carbocycles. The number of hydrogen-bond acceptors (Lipinski definition) is 4. The second-order valence-corrected chi connectivity index (χ2v) is 13.7. The van der Waals surface area contributed by atoms with Crippen LogP contribution in [-0.4, -0.2) is 14.5 Å². The summed E-state index contributed by atoms with van der Waals surface area (Å²) < 4.78 is 15.4. The molecule has 4 heterocycles. The van der Waals surface area contributed by atoms with Gasteiger partial charge in [0.05, 0.1) is 11.0 Å². The van der Waals surface area contributed by atoms with Crippen molar-refractivity contribution in [3.8, 4) is 28.3 Å². The minimum absolute atomic E-state index is 0.626. The molecule has 12 aromatic rings. The summed E-state index contributed by atoms with van der Waals surface area (Å²) in [5.74, 6) is 0.626. The van der Waals surface area contributed by atoms with Gasteiger partial charge in [-0.3, -0.25) is 0 Å². The molecule has 0 saturated heterocycles. The largest absolute Gasteiger partial charge is 0.456 e. The Bertz CT molecular complexity index is 3370. The zero-order valence-corrected chi connectivity index (χ0v) is 28.2. The van der Waals surface area contributed by atoms with E-state index in [2.05, 4.69) is 120 Å². The van der Waals surface area contributed by atoms with Crippen molar-refractivity contribution in [3.05, 3.63) is 164 Å². The highest BCUT2D eigenvalue weighted by Crippen LogP contribution is 2.43.